The van der Waals surface area contributed by atoms with Gasteiger partial charge in [-0.2, -0.15) is 0 Å². The van der Waals surface area contributed by atoms with Crippen LogP contribution in [0, 0.1) is 0 Å². The molecule has 2 aromatic rings. The summed E-state index contributed by atoms with van der Waals surface area (Å²) in [5, 5.41) is 5.55. The topological polar surface area (TPSA) is 61.4 Å². The molecule has 6 heteroatoms. The zero-order valence-corrected chi connectivity index (χ0v) is 15.9. The zero-order chi connectivity index (χ0) is 18.2. The molecule has 2 N–H and O–H groups in total. The molecule has 0 bridgehead atoms. The fourth-order valence-electron chi connectivity index (χ4n) is 2.26. The van der Waals surface area contributed by atoms with Gasteiger partial charge in [0, 0.05) is 35.9 Å². The number of hydrogen-bond acceptors (Lipinski definition) is 3. The van der Waals surface area contributed by atoms with Gasteiger partial charge in [0.1, 0.15) is 6.04 Å². The quantitative estimate of drug-likeness (QED) is 0.746. The SMILES string of the molecule is CC(NC(=O)c1ccc(Br)cc1)C(=O)NCCN(C)c1ccccc1. The minimum Gasteiger partial charge on any atom is -0.373 e. The third kappa shape index (κ3) is 5.90. The van der Waals surface area contributed by atoms with E-state index in [0.29, 0.717) is 18.7 Å². The van der Waals surface area contributed by atoms with E-state index in [9.17, 15) is 9.59 Å². The lowest BCUT2D eigenvalue weighted by molar-refractivity contribution is -0.122. The van der Waals surface area contributed by atoms with E-state index in [1.54, 1.807) is 31.2 Å². The molecule has 1 atom stereocenters. The van der Waals surface area contributed by atoms with Crippen molar-refractivity contribution >= 4 is 33.4 Å². The molecule has 2 aromatic carbocycles. The molecule has 1 unspecified atom stereocenters. The van der Waals surface area contributed by atoms with Crippen LogP contribution in [0.2, 0.25) is 0 Å². The maximum Gasteiger partial charge on any atom is 0.251 e. The van der Waals surface area contributed by atoms with Gasteiger partial charge in [0.05, 0.1) is 0 Å². The van der Waals surface area contributed by atoms with Crippen LogP contribution < -0.4 is 15.5 Å². The van der Waals surface area contributed by atoms with Crippen LogP contribution in [0.3, 0.4) is 0 Å². The molecule has 0 radical (unpaired) electrons. The number of anilines is 1. The van der Waals surface area contributed by atoms with Gasteiger partial charge in [-0.3, -0.25) is 9.59 Å². The minimum absolute atomic E-state index is 0.202. The first-order valence-electron chi connectivity index (χ1n) is 8.07. The summed E-state index contributed by atoms with van der Waals surface area (Å²) >= 11 is 3.33. The van der Waals surface area contributed by atoms with E-state index in [-0.39, 0.29) is 11.8 Å². The van der Waals surface area contributed by atoms with Crippen LogP contribution >= 0.6 is 15.9 Å². The van der Waals surface area contributed by atoms with E-state index in [2.05, 4.69) is 31.5 Å². The number of para-hydroxylation sites is 1. The summed E-state index contributed by atoms with van der Waals surface area (Å²) < 4.78 is 0.900. The van der Waals surface area contributed by atoms with E-state index in [0.717, 1.165) is 10.2 Å². The molecule has 0 saturated carbocycles. The first-order chi connectivity index (χ1) is 12.0. The van der Waals surface area contributed by atoms with Gasteiger partial charge in [0.25, 0.3) is 5.91 Å². The summed E-state index contributed by atoms with van der Waals surface area (Å²) in [6, 6.07) is 16.4. The fraction of sp³-hybridized carbons (Fsp3) is 0.263. The maximum absolute atomic E-state index is 12.1. The van der Waals surface area contributed by atoms with Crippen molar-refractivity contribution in [2.45, 2.75) is 13.0 Å². The van der Waals surface area contributed by atoms with Gasteiger partial charge in [-0.05, 0) is 43.3 Å². The number of nitrogens with zero attached hydrogens (tertiary/aromatic N) is 1. The maximum atomic E-state index is 12.1. The standard InChI is InChI=1S/C19H22BrN3O2/c1-14(22-19(25)15-8-10-16(20)11-9-15)18(24)21-12-13-23(2)17-6-4-3-5-7-17/h3-11,14H,12-13H2,1-2H3,(H,21,24)(H,22,25). The number of carbonyl (C=O) groups excluding carboxylic acids is 2. The van der Waals surface area contributed by atoms with Crippen molar-refractivity contribution in [3.05, 3.63) is 64.6 Å². The fourth-order valence-corrected chi connectivity index (χ4v) is 2.52. The van der Waals surface area contributed by atoms with Crippen molar-refractivity contribution in [2.75, 3.05) is 25.0 Å². The van der Waals surface area contributed by atoms with Crippen LogP contribution in [0.15, 0.2) is 59.1 Å². The molecule has 0 aromatic heterocycles. The lowest BCUT2D eigenvalue weighted by Crippen LogP contribution is -2.46. The molecular formula is C19H22BrN3O2. The van der Waals surface area contributed by atoms with Crippen molar-refractivity contribution in [1.82, 2.24) is 10.6 Å². The number of hydrogen-bond donors (Lipinski definition) is 2. The van der Waals surface area contributed by atoms with E-state index in [1.165, 1.54) is 0 Å². The Morgan fingerprint density at radius 3 is 2.36 bits per heavy atom. The Morgan fingerprint density at radius 2 is 1.72 bits per heavy atom. The molecule has 0 aliphatic heterocycles. The molecule has 0 heterocycles. The molecule has 0 saturated heterocycles. The summed E-state index contributed by atoms with van der Waals surface area (Å²) in [6.45, 7) is 2.86. The normalized spacial score (nSPS) is 11.5. The summed E-state index contributed by atoms with van der Waals surface area (Å²) in [4.78, 5) is 26.3. The van der Waals surface area contributed by atoms with Gasteiger partial charge < -0.3 is 15.5 Å². The molecule has 0 aliphatic carbocycles. The van der Waals surface area contributed by atoms with Crippen LogP contribution in [-0.2, 0) is 4.79 Å². The van der Waals surface area contributed by atoms with Gasteiger partial charge >= 0.3 is 0 Å². The van der Waals surface area contributed by atoms with E-state index >= 15 is 0 Å². The van der Waals surface area contributed by atoms with Gasteiger partial charge in [-0.25, -0.2) is 0 Å². The highest BCUT2D eigenvalue weighted by atomic mass is 79.9. The lowest BCUT2D eigenvalue weighted by atomic mass is 10.2. The number of nitrogens with one attached hydrogen (secondary N) is 2. The summed E-state index contributed by atoms with van der Waals surface area (Å²) in [7, 11) is 1.97. The van der Waals surface area contributed by atoms with Crippen molar-refractivity contribution in [3.8, 4) is 0 Å². The lowest BCUT2D eigenvalue weighted by Gasteiger charge is -2.20. The number of rotatable bonds is 7. The largest absolute Gasteiger partial charge is 0.373 e. The molecule has 0 aliphatic rings. The second-order valence-electron chi connectivity index (χ2n) is 5.75. The average molecular weight is 404 g/mol. The molecule has 0 spiro atoms. The Morgan fingerprint density at radius 1 is 1.08 bits per heavy atom. The van der Waals surface area contributed by atoms with Crippen molar-refractivity contribution in [3.63, 3.8) is 0 Å². The van der Waals surface area contributed by atoms with E-state index < -0.39 is 6.04 Å². The van der Waals surface area contributed by atoms with Crippen molar-refractivity contribution in [1.29, 1.82) is 0 Å². The molecule has 2 rings (SSSR count). The average Bonchev–Trinajstić information content (AvgIpc) is 2.62. The number of amides is 2. The van der Waals surface area contributed by atoms with E-state index in [4.69, 9.17) is 0 Å². The third-order valence-electron chi connectivity index (χ3n) is 3.79. The number of halogens is 1. The number of benzene rings is 2. The zero-order valence-electron chi connectivity index (χ0n) is 14.3. The molecule has 0 fully saturated rings. The molecule has 2 amide bonds. The van der Waals surface area contributed by atoms with Crippen molar-refractivity contribution in [2.24, 2.45) is 0 Å². The van der Waals surface area contributed by atoms with Gasteiger partial charge in [-0.15, -0.1) is 0 Å². The van der Waals surface area contributed by atoms with Crippen LogP contribution in [0.5, 0.6) is 0 Å². The summed E-state index contributed by atoms with van der Waals surface area (Å²) in [6.07, 6.45) is 0. The first kappa shape index (κ1) is 19.0. The van der Waals surface area contributed by atoms with Gasteiger partial charge in [0.15, 0.2) is 0 Å². The Labute approximate surface area is 156 Å². The summed E-state index contributed by atoms with van der Waals surface area (Å²) in [5.41, 5.74) is 1.61. The third-order valence-corrected chi connectivity index (χ3v) is 4.32. The smallest absolute Gasteiger partial charge is 0.251 e. The second kappa shape index (κ2) is 9.22. The van der Waals surface area contributed by atoms with Gasteiger partial charge in [-0.1, -0.05) is 34.1 Å². The molecule has 5 nitrogen and oxygen atoms in total. The Balaban J connectivity index is 1.76. The monoisotopic (exact) mass is 403 g/mol. The molecular weight excluding hydrogens is 382 g/mol. The highest BCUT2D eigenvalue weighted by Crippen LogP contribution is 2.11. The van der Waals surface area contributed by atoms with Gasteiger partial charge in [0.2, 0.25) is 5.91 Å². The number of likely N-dealkylation sites (N-methyl/N-ethyl adjacent to an activating group) is 1. The predicted molar refractivity (Wildman–Crippen MR) is 104 cm³/mol. The molecule has 25 heavy (non-hydrogen) atoms. The first-order valence-corrected chi connectivity index (χ1v) is 8.87. The van der Waals surface area contributed by atoms with Crippen LogP contribution in [0.25, 0.3) is 0 Å². The van der Waals surface area contributed by atoms with Crippen molar-refractivity contribution < 1.29 is 9.59 Å². The second-order valence-corrected chi connectivity index (χ2v) is 6.67. The minimum atomic E-state index is -0.599. The van der Waals surface area contributed by atoms with Crippen LogP contribution in [-0.4, -0.2) is 38.0 Å². The van der Waals surface area contributed by atoms with E-state index in [1.807, 2.05) is 37.4 Å². The number of carbonyl (C=O) groups is 2. The predicted octanol–water partition coefficient (Wildman–Crippen LogP) is 2.82. The highest BCUT2D eigenvalue weighted by Gasteiger charge is 2.16. The van der Waals surface area contributed by atoms with Crippen LogP contribution in [0.4, 0.5) is 5.69 Å². The highest BCUT2D eigenvalue weighted by molar-refractivity contribution is 9.10. The summed E-state index contributed by atoms with van der Waals surface area (Å²) in [5.74, 6) is -0.469. The Kier molecular flexibility index (Phi) is 7.01. The van der Waals surface area contributed by atoms with Crippen LogP contribution in [0.1, 0.15) is 17.3 Å². The molecule has 132 valence electrons. The Hall–Kier alpha value is -2.34. The Bertz CT molecular complexity index is 704.